The highest BCUT2D eigenvalue weighted by atomic mass is 16.7. The summed E-state index contributed by atoms with van der Waals surface area (Å²) in [4.78, 5) is 15.5. The monoisotopic (exact) mass is 1260 g/mol. The first-order valence-electron chi connectivity index (χ1n) is 40.6. The van der Waals surface area contributed by atoms with Crippen LogP contribution in [0.3, 0.4) is 0 Å². The molecule has 12 atom stereocenters. The van der Waals surface area contributed by atoms with E-state index in [1.54, 1.807) is 5.57 Å². The number of allylic oxidation sites excluding steroid dienone is 2. The van der Waals surface area contributed by atoms with E-state index in [1.165, 1.54) is 263 Å². The number of ether oxygens (including phenoxy) is 5. The minimum Gasteiger partial charge on any atom is -0.432 e. The first-order chi connectivity index (χ1) is 43.5. The zero-order chi connectivity index (χ0) is 64.6. The number of carbonyl (C=O) groups is 1. The summed E-state index contributed by atoms with van der Waals surface area (Å²) in [7, 11) is 0. The van der Waals surface area contributed by atoms with Crippen molar-refractivity contribution in [2.24, 2.45) is 50.2 Å². The third kappa shape index (κ3) is 22.8. The first kappa shape index (κ1) is 78.0. The number of hydrogen-bond donors (Lipinski definition) is 1. The first-order valence-corrected chi connectivity index (χ1v) is 40.6. The normalized spacial score (nSPS) is 31.1. The van der Waals surface area contributed by atoms with E-state index in [1.807, 2.05) is 0 Å². The molecule has 1 heterocycles. The van der Waals surface area contributed by atoms with Gasteiger partial charge in [-0.25, -0.2) is 0 Å². The van der Waals surface area contributed by atoms with Crippen LogP contribution >= 0.6 is 0 Å². The molecule has 7 nitrogen and oxygen atoms in total. The van der Waals surface area contributed by atoms with Gasteiger partial charge in [0.1, 0.15) is 18.3 Å². The Kier molecular flexibility index (Phi) is 35.8. The highest BCUT2D eigenvalue weighted by molar-refractivity contribution is 5.79. The van der Waals surface area contributed by atoms with Gasteiger partial charge in [-0.3, -0.25) is 4.79 Å². The molecule has 5 aliphatic carbocycles. The second kappa shape index (κ2) is 41.3. The molecule has 1 saturated heterocycles. The fraction of sp³-hybridized carbons (Fsp3) is 0.964. The van der Waals surface area contributed by atoms with Gasteiger partial charge < -0.3 is 28.8 Å². The number of aliphatic hydroxyl groups is 1. The Labute approximate surface area is 558 Å². The number of carbonyl (C=O) groups excluding carboxylic acids is 1. The zero-order valence-electron chi connectivity index (χ0n) is 61.7. The van der Waals surface area contributed by atoms with E-state index in [0.29, 0.717) is 31.2 Å². The molecule has 0 bridgehead atoms. The molecule has 0 aromatic rings. The molecule has 526 valence electrons. The maximum atomic E-state index is 15.5. The molecular formula is C83H152O7. The van der Waals surface area contributed by atoms with Crippen molar-refractivity contribution in [3.05, 3.63) is 11.6 Å². The molecule has 0 radical (unpaired) electrons. The van der Waals surface area contributed by atoms with Crippen molar-refractivity contribution in [3.63, 3.8) is 0 Å². The molecule has 6 rings (SSSR count). The van der Waals surface area contributed by atoms with E-state index in [4.69, 9.17) is 23.7 Å². The largest absolute Gasteiger partial charge is 0.432 e. The molecule has 90 heavy (non-hydrogen) atoms. The second-order valence-corrected chi connectivity index (χ2v) is 33.7. The Balaban J connectivity index is 1.01. The van der Waals surface area contributed by atoms with Crippen LogP contribution in [-0.2, 0) is 28.5 Å². The van der Waals surface area contributed by atoms with Crippen molar-refractivity contribution >= 4 is 5.97 Å². The lowest BCUT2D eigenvalue weighted by Gasteiger charge is -2.71. The summed E-state index contributed by atoms with van der Waals surface area (Å²) in [6.07, 6.45) is 66.8. The van der Waals surface area contributed by atoms with Crippen LogP contribution in [-0.4, -0.2) is 68.2 Å². The highest BCUT2D eigenvalue weighted by Gasteiger charge is 2.70. The maximum Gasteiger partial charge on any atom is 0.315 e. The van der Waals surface area contributed by atoms with Crippen LogP contribution in [0.5, 0.6) is 0 Å². The summed E-state index contributed by atoms with van der Waals surface area (Å²) in [5.41, 5.74) is 1.55. The molecule has 4 saturated carbocycles. The minimum absolute atomic E-state index is 0.00166. The molecule has 1 N–H and O–H groups in total. The second-order valence-electron chi connectivity index (χ2n) is 33.7. The van der Waals surface area contributed by atoms with Crippen LogP contribution in [0.2, 0.25) is 0 Å². The van der Waals surface area contributed by atoms with E-state index < -0.39 is 30.0 Å². The fourth-order valence-corrected chi connectivity index (χ4v) is 19.9. The Morgan fingerprint density at radius 1 is 0.478 bits per heavy atom. The SMILES string of the molecule is CCCCCCCCCCCCCCCCOC1COC(OC(=O)C23CCC(C)(C)CC2C2=CCC4C5(C)CCC(OCCCCCCCCCCCCCCCC)C(C)(C)C5CCC4(C)C2(C)CC3)C(O)C1OCCCCCCCCCCCCCCCC. The number of hydrogen-bond acceptors (Lipinski definition) is 7. The number of esters is 1. The maximum absolute atomic E-state index is 15.5. The summed E-state index contributed by atoms with van der Waals surface area (Å²) in [5.74, 6) is 1.18. The van der Waals surface area contributed by atoms with Gasteiger partial charge in [-0.15, -0.1) is 0 Å². The molecule has 6 aliphatic rings. The Hall–Kier alpha value is -0.990. The number of fused-ring (bicyclic) bond motifs is 7. The van der Waals surface area contributed by atoms with Gasteiger partial charge in [0.05, 0.1) is 18.1 Å². The van der Waals surface area contributed by atoms with Gasteiger partial charge in [0.15, 0.2) is 0 Å². The number of rotatable bonds is 50. The summed E-state index contributed by atoms with van der Waals surface area (Å²) in [5, 5.41) is 12.3. The molecule has 0 amide bonds. The zero-order valence-corrected chi connectivity index (χ0v) is 61.7. The standard InChI is InChI=1S/C83H152O7/c1-11-14-17-20-23-26-29-32-35-38-41-44-47-50-63-86-70-67-89-76(74(84)75(70)88-65-52-49-46-43-40-37-34-31-28-25-22-19-16-13-3)90-77(85)83-61-59-78(4,5)66-69(83)68-53-54-72-80(8)57-56-73(79(6,7)71(80)55-58-82(72,10)81(68,9)60-62-83)87-64-51-48-45-42-39-36-33-30-27-24-21-18-15-12-2/h53,69-76,84H,11-52,54-67H2,1-10H3. The van der Waals surface area contributed by atoms with Crippen molar-refractivity contribution in [1.82, 2.24) is 0 Å². The van der Waals surface area contributed by atoms with Crippen molar-refractivity contribution in [2.75, 3.05) is 26.4 Å². The topological polar surface area (TPSA) is 83.5 Å². The van der Waals surface area contributed by atoms with Crippen LogP contribution in [0.25, 0.3) is 0 Å². The summed E-state index contributed by atoms with van der Waals surface area (Å²) in [6, 6.07) is 0. The van der Waals surface area contributed by atoms with Gasteiger partial charge in [-0.1, -0.05) is 331 Å². The molecule has 0 aromatic heterocycles. The van der Waals surface area contributed by atoms with E-state index in [2.05, 4.69) is 75.3 Å². The van der Waals surface area contributed by atoms with E-state index >= 15 is 4.79 Å². The molecular weight excluding hydrogens is 1110 g/mol. The Bertz CT molecular complexity index is 1930. The summed E-state index contributed by atoms with van der Waals surface area (Å²) < 4.78 is 33.4. The van der Waals surface area contributed by atoms with Crippen LogP contribution < -0.4 is 0 Å². The number of aliphatic hydroxyl groups excluding tert-OH is 1. The predicted octanol–water partition coefficient (Wildman–Crippen LogP) is 24.6. The fourth-order valence-electron chi connectivity index (χ4n) is 19.9. The average Bonchev–Trinajstić information content (AvgIpc) is 0.681. The van der Waals surface area contributed by atoms with Crippen molar-refractivity contribution in [2.45, 2.75) is 434 Å². The molecule has 0 spiro atoms. The van der Waals surface area contributed by atoms with Crippen LogP contribution in [0, 0.1) is 50.2 Å². The third-order valence-electron chi connectivity index (χ3n) is 26.1. The van der Waals surface area contributed by atoms with Gasteiger partial charge in [0.25, 0.3) is 0 Å². The molecule has 5 fully saturated rings. The van der Waals surface area contributed by atoms with Crippen LogP contribution in [0.1, 0.15) is 403 Å². The van der Waals surface area contributed by atoms with E-state index in [-0.39, 0.29) is 45.6 Å². The Morgan fingerprint density at radius 2 is 0.889 bits per heavy atom. The highest BCUT2D eigenvalue weighted by Crippen LogP contribution is 2.76. The van der Waals surface area contributed by atoms with Crippen LogP contribution in [0.15, 0.2) is 11.6 Å². The Morgan fingerprint density at radius 3 is 1.34 bits per heavy atom. The van der Waals surface area contributed by atoms with Crippen molar-refractivity contribution in [3.8, 4) is 0 Å². The summed E-state index contributed by atoms with van der Waals surface area (Å²) in [6.45, 7) is 27.3. The third-order valence-corrected chi connectivity index (χ3v) is 26.1. The molecule has 12 unspecified atom stereocenters. The van der Waals surface area contributed by atoms with Gasteiger partial charge in [-0.05, 0) is 128 Å². The van der Waals surface area contributed by atoms with E-state index in [0.717, 1.165) is 77.2 Å². The average molecular weight is 1260 g/mol. The van der Waals surface area contributed by atoms with Gasteiger partial charge in [0.2, 0.25) is 6.29 Å². The lowest BCUT2D eigenvalue weighted by molar-refractivity contribution is -0.283. The van der Waals surface area contributed by atoms with Crippen molar-refractivity contribution < 1.29 is 33.6 Å². The lowest BCUT2D eigenvalue weighted by Crippen LogP contribution is -2.65. The molecule has 7 heteroatoms. The van der Waals surface area contributed by atoms with E-state index in [9.17, 15) is 5.11 Å². The quantitative estimate of drug-likeness (QED) is 0.0369. The van der Waals surface area contributed by atoms with Crippen molar-refractivity contribution in [1.29, 1.82) is 0 Å². The van der Waals surface area contributed by atoms with Gasteiger partial charge in [0, 0.05) is 19.8 Å². The molecule has 1 aliphatic heterocycles. The summed E-state index contributed by atoms with van der Waals surface area (Å²) >= 11 is 0. The minimum atomic E-state index is -1.11. The van der Waals surface area contributed by atoms with Gasteiger partial charge >= 0.3 is 5.97 Å². The predicted molar refractivity (Wildman–Crippen MR) is 381 cm³/mol. The molecule has 0 aromatic carbocycles. The number of unbranched alkanes of at least 4 members (excludes halogenated alkanes) is 39. The smallest absolute Gasteiger partial charge is 0.315 e. The van der Waals surface area contributed by atoms with Gasteiger partial charge in [-0.2, -0.15) is 0 Å². The van der Waals surface area contributed by atoms with Crippen LogP contribution in [0.4, 0.5) is 0 Å². The lowest BCUT2D eigenvalue weighted by atomic mass is 9.33.